The third kappa shape index (κ3) is 2.26. The van der Waals surface area contributed by atoms with Gasteiger partial charge >= 0.3 is 0 Å². The second-order valence-corrected chi connectivity index (χ2v) is 6.45. The average Bonchev–Trinajstić information content (AvgIpc) is 2.66. The molecule has 1 aromatic rings. The predicted octanol–water partition coefficient (Wildman–Crippen LogP) is 1.24. The summed E-state index contributed by atoms with van der Waals surface area (Å²) in [5.41, 5.74) is 1.57. The summed E-state index contributed by atoms with van der Waals surface area (Å²) >= 11 is 0. The lowest BCUT2D eigenvalue weighted by atomic mass is 10.2. The molecule has 0 N–H and O–H groups in total. The lowest BCUT2D eigenvalue weighted by Crippen LogP contribution is -2.30. The Morgan fingerprint density at radius 3 is 2.47 bits per heavy atom. The molecule has 0 radical (unpaired) electrons. The number of rotatable bonds is 4. The number of nitrogens with zero attached hydrogens (tertiary/aromatic N) is 2. The summed E-state index contributed by atoms with van der Waals surface area (Å²) in [5.74, 6) is -0.00705. The van der Waals surface area contributed by atoms with Gasteiger partial charge < -0.3 is 4.90 Å². The van der Waals surface area contributed by atoms with Gasteiger partial charge in [0.1, 0.15) is 0 Å². The van der Waals surface area contributed by atoms with E-state index in [1.165, 1.54) is 4.31 Å². The zero-order valence-corrected chi connectivity index (χ0v) is 12.2. The van der Waals surface area contributed by atoms with Crippen molar-refractivity contribution in [1.29, 1.82) is 0 Å². The van der Waals surface area contributed by atoms with Crippen molar-refractivity contribution in [2.45, 2.75) is 25.2 Å². The van der Waals surface area contributed by atoms with Crippen LogP contribution in [0.4, 0.5) is 5.69 Å². The molecule has 0 unspecified atom stereocenters. The van der Waals surface area contributed by atoms with E-state index >= 15 is 0 Å². The number of likely N-dealkylation sites (N-methyl/N-ethyl adjacent to an activating group) is 1. The highest BCUT2D eigenvalue weighted by molar-refractivity contribution is 7.89. The third-order valence-electron chi connectivity index (χ3n) is 3.47. The molecule has 0 fully saturated rings. The fourth-order valence-electron chi connectivity index (χ4n) is 2.32. The van der Waals surface area contributed by atoms with Gasteiger partial charge in [0.05, 0.1) is 11.3 Å². The molecule has 0 aromatic heterocycles. The molecule has 0 bridgehead atoms. The maximum Gasteiger partial charge on any atom is 0.243 e. The summed E-state index contributed by atoms with van der Waals surface area (Å²) in [5, 5.41) is 0. The van der Waals surface area contributed by atoms with Crippen LogP contribution in [0, 0.1) is 0 Å². The molecule has 1 aliphatic rings. The number of fused-ring (bicyclic) bond motifs is 1. The number of hydrogen-bond donors (Lipinski definition) is 0. The molecular formula is C13H18N2O3S. The van der Waals surface area contributed by atoms with Gasteiger partial charge in [-0.2, -0.15) is 4.31 Å². The number of anilines is 1. The van der Waals surface area contributed by atoms with Crippen LogP contribution in [0.2, 0.25) is 0 Å². The fourth-order valence-corrected chi connectivity index (χ4v) is 3.83. The monoisotopic (exact) mass is 282 g/mol. The van der Waals surface area contributed by atoms with Crippen molar-refractivity contribution < 1.29 is 13.2 Å². The summed E-state index contributed by atoms with van der Waals surface area (Å²) < 4.78 is 26.2. The molecule has 0 atom stereocenters. The molecular weight excluding hydrogens is 264 g/mol. The van der Waals surface area contributed by atoms with Gasteiger partial charge in [0.15, 0.2) is 0 Å². The number of hydrogen-bond acceptors (Lipinski definition) is 3. The Hall–Kier alpha value is -1.40. The Balaban J connectivity index is 2.45. The molecule has 1 heterocycles. The molecule has 0 saturated carbocycles. The number of amides is 1. The minimum absolute atomic E-state index is 0.00705. The van der Waals surface area contributed by atoms with Crippen LogP contribution in [0.5, 0.6) is 0 Å². The first-order chi connectivity index (χ1) is 8.91. The molecule has 6 heteroatoms. The molecule has 0 saturated heterocycles. The standard InChI is InChI=1S/C13H18N2O3S/c1-4-15(5-2)19(17,18)11-6-7-12-10(8-11)9-13(16)14(12)3/h6-8H,4-5,9H2,1-3H3. The number of sulfonamides is 1. The quantitative estimate of drug-likeness (QED) is 0.834. The van der Waals surface area contributed by atoms with E-state index in [1.54, 1.807) is 30.1 Å². The summed E-state index contributed by atoms with van der Waals surface area (Å²) in [6, 6.07) is 4.89. The first kappa shape index (κ1) is 14.0. The van der Waals surface area contributed by atoms with Crippen molar-refractivity contribution in [3.8, 4) is 0 Å². The van der Waals surface area contributed by atoms with Gasteiger partial charge in [-0.3, -0.25) is 4.79 Å². The number of carbonyl (C=O) groups excluding carboxylic acids is 1. The van der Waals surface area contributed by atoms with Gasteiger partial charge in [0.25, 0.3) is 0 Å². The third-order valence-corrected chi connectivity index (χ3v) is 5.52. The average molecular weight is 282 g/mol. The lowest BCUT2D eigenvalue weighted by Gasteiger charge is -2.19. The Bertz CT molecular complexity index is 606. The van der Waals surface area contributed by atoms with E-state index in [2.05, 4.69) is 0 Å². The van der Waals surface area contributed by atoms with Crippen LogP contribution in [0.15, 0.2) is 23.1 Å². The summed E-state index contributed by atoms with van der Waals surface area (Å²) in [6.45, 7) is 4.50. The van der Waals surface area contributed by atoms with Crippen LogP contribution in [0.25, 0.3) is 0 Å². The first-order valence-electron chi connectivity index (χ1n) is 6.31. The summed E-state index contributed by atoms with van der Waals surface area (Å²) in [6.07, 6.45) is 0.271. The second kappa shape index (κ2) is 4.94. The molecule has 1 aromatic carbocycles. The maximum absolute atomic E-state index is 12.4. The zero-order chi connectivity index (χ0) is 14.2. The van der Waals surface area contributed by atoms with Gasteiger partial charge in [-0.1, -0.05) is 13.8 Å². The van der Waals surface area contributed by atoms with E-state index < -0.39 is 10.0 Å². The smallest absolute Gasteiger partial charge is 0.243 e. The van der Waals surface area contributed by atoms with E-state index in [0.29, 0.717) is 13.1 Å². The van der Waals surface area contributed by atoms with E-state index in [4.69, 9.17) is 0 Å². The fraction of sp³-hybridized carbons (Fsp3) is 0.462. The first-order valence-corrected chi connectivity index (χ1v) is 7.75. The van der Waals surface area contributed by atoms with Gasteiger partial charge in [0.2, 0.25) is 15.9 Å². The SMILES string of the molecule is CCN(CC)S(=O)(=O)c1ccc2c(c1)CC(=O)N2C. The van der Waals surface area contributed by atoms with Crippen LogP contribution in [0.1, 0.15) is 19.4 Å². The van der Waals surface area contributed by atoms with Crippen LogP contribution in [-0.4, -0.2) is 38.8 Å². The van der Waals surface area contributed by atoms with Gasteiger partial charge in [-0.05, 0) is 23.8 Å². The van der Waals surface area contributed by atoms with Crippen molar-refractivity contribution in [2.75, 3.05) is 25.0 Å². The maximum atomic E-state index is 12.4. The van der Waals surface area contributed by atoms with Crippen LogP contribution < -0.4 is 4.90 Å². The zero-order valence-electron chi connectivity index (χ0n) is 11.4. The highest BCUT2D eigenvalue weighted by atomic mass is 32.2. The van der Waals surface area contributed by atoms with Crippen molar-refractivity contribution in [3.05, 3.63) is 23.8 Å². The van der Waals surface area contributed by atoms with Crippen LogP contribution in [-0.2, 0) is 21.2 Å². The van der Waals surface area contributed by atoms with E-state index in [1.807, 2.05) is 13.8 Å². The minimum atomic E-state index is -3.45. The van der Waals surface area contributed by atoms with Gasteiger partial charge in [-0.25, -0.2) is 8.42 Å². The summed E-state index contributed by atoms with van der Waals surface area (Å²) in [4.78, 5) is 13.4. The van der Waals surface area contributed by atoms with Crippen molar-refractivity contribution in [2.24, 2.45) is 0 Å². The van der Waals surface area contributed by atoms with Crippen molar-refractivity contribution in [1.82, 2.24) is 4.31 Å². The molecule has 19 heavy (non-hydrogen) atoms. The van der Waals surface area contributed by atoms with Crippen LogP contribution in [0.3, 0.4) is 0 Å². The van der Waals surface area contributed by atoms with E-state index in [9.17, 15) is 13.2 Å². The van der Waals surface area contributed by atoms with Crippen molar-refractivity contribution in [3.63, 3.8) is 0 Å². The second-order valence-electron chi connectivity index (χ2n) is 4.51. The van der Waals surface area contributed by atoms with E-state index in [0.717, 1.165) is 11.3 Å². The number of carbonyl (C=O) groups is 1. The molecule has 1 amide bonds. The lowest BCUT2D eigenvalue weighted by molar-refractivity contribution is -0.117. The molecule has 0 aliphatic carbocycles. The molecule has 0 spiro atoms. The highest BCUT2D eigenvalue weighted by Gasteiger charge is 2.28. The Morgan fingerprint density at radius 2 is 1.89 bits per heavy atom. The number of benzene rings is 1. The van der Waals surface area contributed by atoms with Gasteiger partial charge in [0, 0.05) is 25.8 Å². The molecule has 2 rings (SSSR count). The molecule has 104 valence electrons. The summed E-state index contributed by atoms with van der Waals surface area (Å²) in [7, 11) is -1.75. The normalized spacial score (nSPS) is 15.2. The predicted molar refractivity (Wildman–Crippen MR) is 73.7 cm³/mol. The highest BCUT2D eigenvalue weighted by Crippen LogP contribution is 2.30. The minimum Gasteiger partial charge on any atom is -0.315 e. The Morgan fingerprint density at radius 1 is 1.26 bits per heavy atom. The largest absolute Gasteiger partial charge is 0.315 e. The molecule has 5 nitrogen and oxygen atoms in total. The van der Waals surface area contributed by atoms with Crippen molar-refractivity contribution >= 4 is 21.6 Å². The Kier molecular flexibility index (Phi) is 3.64. The molecule has 1 aliphatic heterocycles. The van der Waals surface area contributed by atoms with Gasteiger partial charge in [-0.15, -0.1) is 0 Å². The topological polar surface area (TPSA) is 57.7 Å². The van der Waals surface area contributed by atoms with E-state index in [-0.39, 0.29) is 17.2 Å². The van der Waals surface area contributed by atoms with Crippen LogP contribution >= 0.6 is 0 Å². The Labute approximate surface area is 113 Å².